The number of hydrogen-bond donors (Lipinski definition) is 3. The summed E-state index contributed by atoms with van der Waals surface area (Å²) in [7, 11) is 0. The second-order valence-electron chi connectivity index (χ2n) is 1.40. The Morgan fingerprint density at radius 3 is 1.62 bits per heavy atom. The van der Waals surface area contributed by atoms with Crippen LogP contribution in [-0.2, 0) is 0 Å². The molecule has 0 aromatic rings. The molecule has 0 fully saturated rings. The molecule has 0 rings (SSSR count). The summed E-state index contributed by atoms with van der Waals surface area (Å²) in [6.07, 6.45) is 0. The zero-order valence-electron chi connectivity index (χ0n) is 4.62. The summed E-state index contributed by atoms with van der Waals surface area (Å²) < 4.78 is 0. The Hall–Kier alpha value is -0.160. The minimum atomic E-state index is -0.0868. The van der Waals surface area contributed by atoms with E-state index in [0.717, 1.165) is 5.06 Å². The van der Waals surface area contributed by atoms with Gasteiger partial charge in [-0.2, -0.15) is 5.06 Å². The summed E-state index contributed by atoms with van der Waals surface area (Å²) in [5.41, 5.74) is 0. The van der Waals surface area contributed by atoms with Gasteiger partial charge in [0.15, 0.2) is 0 Å². The van der Waals surface area contributed by atoms with Crippen LogP contribution in [-0.4, -0.2) is 46.8 Å². The van der Waals surface area contributed by atoms with E-state index in [4.69, 9.17) is 15.4 Å². The van der Waals surface area contributed by atoms with E-state index in [-0.39, 0.29) is 26.3 Å². The largest absolute Gasteiger partial charge is 0.395 e. The van der Waals surface area contributed by atoms with E-state index in [0.29, 0.717) is 0 Å². The van der Waals surface area contributed by atoms with Crippen LogP contribution in [0.3, 0.4) is 0 Å². The van der Waals surface area contributed by atoms with Crippen LogP contribution in [0.4, 0.5) is 0 Å². The number of hydroxylamine groups is 2. The van der Waals surface area contributed by atoms with Gasteiger partial charge >= 0.3 is 0 Å². The van der Waals surface area contributed by atoms with Gasteiger partial charge in [-0.1, -0.05) is 0 Å². The molecular formula is C4H11NO3. The van der Waals surface area contributed by atoms with Gasteiger partial charge in [-0.15, -0.1) is 0 Å². The van der Waals surface area contributed by atoms with Crippen LogP contribution in [0.15, 0.2) is 0 Å². The van der Waals surface area contributed by atoms with Crippen LogP contribution in [0.5, 0.6) is 0 Å². The Labute approximate surface area is 47.9 Å². The highest BCUT2D eigenvalue weighted by Crippen LogP contribution is 1.75. The predicted molar refractivity (Wildman–Crippen MR) is 27.5 cm³/mol. The summed E-state index contributed by atoms with van der Waals surface area (Å²) in [6, 6.07) is 0. The lowest BCUT2D eigenvalue weighted by Crippen LogP contribution is -2.25. The molecule has 4 heteroatoms. The zero-order chi connectivity index (χ0) is 6.41. The molecule has 0 saturated carbocycles. The minimum absolute atomic E-state index is 0.0868. The molecular weight excluding hydrogens is 110 g/mol. The summed E-state index contributed by atoms with van der Waals surface area (Å²) in [5, 5.41) is 25.8. The first-order valence-corrected chi connectivity index (χ1v) is 2.46. The van der Waals surface area contributed by atoms with Gasteiger partial charge in [0, 0.05) is 13.1 Å². The van der Waals surface area contributed by atoms with E-state index in [1.165, 1.54) is 0 Å². The highest BCUT2D eigenvalue weighted by atomic mass is 16.5. The zero-order valence-corrected chi connectivity index (χ0v) is 4.62. The van der Waals surface area contributed by atoms with Crippen molar-refractivity contribution in [3.05, 3.63) is 0 Å². The Balaban J connectivity index is 2.92. The Kier molecular flexibility index (Phi) is 4.89. The first kappa shape index (κ1) is 7.84. The van der Waals surface area contributed by atoms with E-state index in [2.05, 4.69) is 0 Å². The summed E-state index contributed by atoms with van der Waals surface area (Å²) >= 11 is 0. The lowest BCUT2D eigenvalue weighted by atomic mass is 10.6. The molecule has 0 aromatic carbocycles. The van der Waals surface area contributed by atoms with Crippen molar-refractivity contribution in [3.63, 3.8) is 0 Å². The fourth-order valence-electron chi connectivity index (χ4n) is 0.343. The Morgan fingerprint density at radius 2 is 1.38 bits per heavy atom. The number of aliphatic hydroxyl groups is 2. The van der Waals surface area contributed by atoms with Crippen LogP contribution in [0, 0.1) is 0 Å². The SMILES string of the molecule is OCCN(O)CCO. The Morgan fingerprint density at radius 1 is 1.00 bits per heavy atom. The lowest BCUT2D eigenvalue weighted by molar-refractivity contribution is -0.105. The maximum absolute atomic E-state index is 8.56. The lowest BCUT2D eigenvalue weighted by Gasteiger charge is -2.09. The molecule has 0 radical (unpaired) electrons. The molecule has 0 atom stereocenters. The van der Waals surface area contributed by atoms with Crippen molar-refractivity contribution in [2.45, 2.75) is 0 Å². The average molecular weight is 121 g/mol. The van der Waals surface area contributed by atoms with Gasteiger partial charge in [0.1, 0.15) is 0 Å². The molecule has 0 saturated heterocycles. The first-order valence-electron chi connectivity index (χ1n) is 2.46. The van der Waals surface area contributed by atoms with Gasteiger partial charge in [-0.3, -0.25) is 0 Å². The number of hydrogen-bond acceptors (Lipinski definition) is 4. The fraction of sp³-hybridized carbons (Fsp3) is 1.00. The average Bonchev–Trinajstić information content (AvgIpc) is 1.68. The predicted octanol–water partition coefficient (Wildman–Crippen LogP) is -1.34. The van der Waals surface area contributed by atoms with Crippen molar-refractivity contribution in [1.29, 1.82) is 0 Å². The van der Waals surface area contributed by atoms with Crippen LogP contribution in [0.1, 0.15) is 0 Å². The van der Waals surface area contributed by atoms with Gasteiger partial charge in [-0.25, -0.2) is 0 Å². The quantitative estimate of drug-likeness (QED) is 0.403. The van der Waals surface area contributed by atoms with Crippen molar-refractivity contribution in [3.8, 4) is 0 Å². The smallest absolute Gasteiger partial charge is 0.0581 e. The van der Waals surface area contributed by atoms with E-state index in [1.54, 1.807) is 0 Å². The molecule has 4 nitrogen and oxygen atoms in total. The number of nitrogens with zero attached hydrogens (tertiary/aromatic N) is 1. The third-order valence-corrected chi connectivity index (χ3v) is 0.716. The molecule has 0 aliphatic carbocycles. The molecule has 0 aromatic heterocycles. The normalized spacial score (nSPS) is 10.5. The third-order valence-electron chi connectivity index (χ3n) is 0.716. The summed E-state index contributed by atoms with van der Waals surface area (Å²) in [5.74, 6) is 0. The molecule has 8 heavy (non-hydrogen) atoms. The third kappa shape index (κ3) is 4.01. The van der Waals surface area contributed by atoms with E-state index in [9.17, 15) is 0 Å². The van der Waals surface area contributed by atoms with Crippen molar-refractivity contribution in [2.24, 2.45) is 0 Å². The maximum atomic E-state index is 8.56. The van der Waals surface area contributed by atoms with Gasteiger partial charge < -0.3 is 15.4 Å². The second-order valence-corrected chi connectivity index (χ2v) is 1.40. The second kappa shape index (κ2) is 4.99. The number of aliphatic hydroxyl groups excluding tert-OH is 2. The molecule has 0 aliphatic heterocycles. The van der Waals surface area contributed by atoms with Crippen LogP contribution in [0.2, 0.25) is 0 Å². The first-order chi connectivity index (χ1) is 3.81. The van der Waals surface area contributed by atoms with Crippen molar-refractivity contribution in [1.82, 2.24) is 5.06 Å². The van der Waals surface area contributed by atoms with E-state index < -0.39 is 0 Å². The summed E-state index contributed by atoms with van der Waals surface area (Å²) in [4.78, 5) is 0. The van der Waals surface area contributed by atoms with Gasteiger partial charge in [0.2, 0.25) is 0 Å². The highest BCUT2D eigenvalue weighted by Gasteiger charge is 1.94. The summed E-state index contributed by atoms with van der Waals surface area (Å²) in [6.45, 7) is 0.216. The highest BCUT2D eigenvalue weighted by molar-refractivity contribution is 4.38. The van der Waals surface area contributed by atoms with Crippen LogP contribution in [0.25, 0.3) is 0 Å². The minimum Gasteiger partial charge on any atom is -0.395 e. The van der Waals surface area contributed by atoms with Crippen molar-refractivity contribution in [2.75, 3.05) is 26.3 Å². The topological polar surface area (TPSA) is 63.9 Å². The van der Waals surface area contributed by atoms with Gasteiger partial charge in [0.25, 0.3) is 0 Å². The Bertz CT molecular complexity index is 44.5. The number of rotatable bonds is 4. The maximum Gasteiger partial charge on any atom is 0.0581 e. The van der Waals surface area contributed by atoms with Gasteiger partial charge in [-0.05, 0) is 0 Å². The monoisotopic (exact) mass is 121 g/mol. The van der Waals surface area contributed by atoms with Crippen molar-refractivity contribution < 1.29 is 15.4 Å². The van der Waals surface area contributed by atoms with Crippen LogP contribution >= 0.6 is 0 Å². The van der Waals surface area contributed by atoms with E-state index >= 15 is 0 Å². The molecule has 3 N–H and O–H groups in total. The standard InChI is InChI=1S/C4H11NO3/c6-3-1-5(8)2-4-7/h6-8H,1-4H2. The van der Waals surface area contributed by atoms with Crippen molar-refractivity contribution >= 4 is 0 Å². The molecule has 0 aliphatic rings. The van der Waals surface area contributed by atoms with Gasteiger partial charge in [0.05, 0.1) is 13.2 Å². The molecule has 0 unspecified atom stereocenters. The molecule has 0 bridgehead atoms. The fourth-order valence-corrected chi connectivity index (χ4v) is 0.343. The molecule has 50 valence electrons. The van der Waals surface area contributed by atoms with Crippen LogP contribution < -0.4 is 0 Å². The molecule has 0 heterocycles. The molecule has 0 spiro atoms. The molecule has 0 amide bonds. The van der Waals surface area contributed by atoms with E-state index in [1.807, 2.05) is 0 Å².